The molecule has 3 nitrogen and oxygen atoms in total. The number of nitrogens with zero attached hydrogens (tertiary/aromatic N) is 2. The average Bonchev–Trinajstić information content (AvgIpc) is 2.19. The molecular formula is C11H18N2O. The van der Waals surface area contributed by atoms with Gasteiger partial charge in [0.2, 0.25) is 5.91 Å². The van der Waals surface area contributed by atoms with E-state index >= 15 is 0 Å². The number of carbonyl (C=O) groups excluding carboxylic acids is 1. The summed E-state index contributed by atoms with van der Waals surface area (Å²) in [5.41, 5.74) is 1.08. The SMILES string of the molecule is C=NC1=CCC(CC(=O)N(C)C)CC1. The van der Waals surface area contributed by atoms with Crippen LogP contribution in [0.25, 0.3) is 0 Å². The Morgan fingerprint density at radius 3 is 2.86 bits per heavy atom. The van der Waals surface area contributed by atoms with E-state index in [0.29, 0.717) is 12.3 Å². The summed E-state index contributed by atoms with van der Waals surface area (Å²) in [4.78, 5) is 17.0. The molecule has 0 aromatic heterocycles. The zero-order chi connectivity index (χ0) is 10.6. The summed E-state index contributed by atoms with van der Waals surface area (Å²) in [6.45, 7) is 3.51. The lowest BCUT2D eigenvalue weighted by Gasteiger charge is -2.21. The van der Waals surface area contributed by atoms with Crippen molar-refractivity contribution in [2.24, 2.45) is 10.9 Å². The fourth-order valence-electron chi connectivity index (χ4n) is 1.63. The van der Waals surface area contributed by atoms with E-state index in [-0.39, 0.29) is 5.91 Å². The van der Waals surface area contributed by atoms with Gasteiger partial charge in [0.25, 0.3) is 0 Å². The van der Waals surface area contributed by atoms with E-state index in [2.05, 4.69) is 17.8 Å². The molecular weight excluding hydrogens is 176 g/mol. The van der Waals surface area contributed by atoms with Gasteiger partial charge in [-0.15, -0.1) is 0 Å². The summed E-state index contributed by atoms with van der Waals surface area (Å²) < 4.78 is 0. The number of hydrogen-bond acceptors (Lipinski definition) is 2. The number of amides is 1. The van der Waals surface area contributed by atoms with Gasteiger partial charge >= 0.3 is 0 Å². The topological polar surface area (TPSA) is 32.7 Å². The van der Waals surface area contributed by atoms with Crippen LogP contribution in [0.1, 0.15) is 25.7 Å². The highest BCUT2D eigenvalue weighted by Gasteiger charge is 2.17. The average molecular weight is 194 g/mol. The van der Waals surface area contributed by atoms with E-state index in [0.717, 1.165) is 25.0 Å². The van der Waals surface area contributed by atoms with Crippen molar-refractivity contribution in [2.45, 2.75) is 25.7 Å². The molecule has 1 atom stereocenters. The van der Waals surface area contributed by atoms with Crippen LogP contribution in [-0.4, -0.2) is 31.6 Å². The molecule has 0 bridgehead atoms. The third-order valence-corrected chi connectivity index (χ3v) is 2.66. The highest BCUT2D eigenvalue weighted by molar-refractivity contribution is 5.75. The quantitative estimate of drug-likeness (QED) is 0.631. The van der Waals surface area contributed by atoms with Crippen molar-refractivity contribution < 1.29 is 4.79 Å². The number of aliphatic imine (C=N–C) groups is 1. The fraction of sp³-hybridized carbons (Fsp3) is 0.636. The second-order valence-electron chi connectivity index (χ2n) is 3.99. The van der Waals surface area contributed by atoms with Gasteiger partial charge in [-0.2, -0.15) is 0 Å². The molecule has 0 saturated heterocycles. The minimum Gasteiger partial charge on any atom is -0.349 e. The first kappa shape index (κ1) is 11.0. The first-order chi connectivity index (χ1) is 6.63. The van der Waals surface area contributed by atoms with Gasteiger partial charge in [0.05, 0.1) is 0 Å². The first-order valence-electron chi connectivity index (χ1n) is 4.99. The van der Waals surface area contributed by atoms with Gasteiger partial charge < -0.3 is 4.90 Å². The van der Waals surface area contributed by atoms with Gasteiger partial charge in [-0.05, 0) is 31.9 Å². The summed E-state index contributed by atoms with van der Waals surface area (Å²) in [5.74, 6) is 0.716. The standard InChI is InChI=1S/C11H18N2O/c1-12-10-6-4-9(5-7-10)8-11(14)13(2)3/h6,9H,1,4-5,7-8H2,2-3H3. The van der Waals surface area contributed by atoms with E-state index in [4.69, 9.17) is 0 Å². The van der Waals surface area contributed by atoms with E-state index in [1.807, 2.05) is 0 Å². The van der Waals surface area contributed by atoms with Crippen molar-refractivity contribution in [2.75, 3.05) is 14.1 Å². The maximum absolute atomic E-state index is 11.4. The second-order valence-corrected chi connectivity index (χ2v) is 3.99. The molecule has 1 amide bonds. The van der Waals surface area contributed by atoms with Crippen molar-refractivity contribution >= 4 is 12.6 Å². The molecule has 1 unspecified atom stereocenters. The Morgan fingerprint density at radius 2 is 2.43 bits per heavy atom. The molecule has 1 rings (SSSR count). The molecule has 0 fully saturated rings. The van der Waals surface area contributed by atoms with Crippen molar-refractivity contribution in [3.05, 3.63) is 11.8 Å². The maximum atomic E-state index is 11.4. The van der Waals surface area contributed by atoms with Crippen LogP contribution >= 0.6 is 0 Å². The molecule has 78 valence electrons. The monoisotopic (exact) mass is 194 g/mol. The minimum atomic E-state index is 0.221. The highest BCUT2D eigenvalue weighted by Crippen LogP contribution is 2.26. The van der Waals surface area contributed by atoms with Crippen LogP contribution in [0.15, 0.2) is 16.8 Å². The molecule has 0 N–H and O–H groups in total. The van der Waals surface area contributed by atoms with Gasteiger partial charge in [-0.3, -0.25) is 9.79 Å². The lowest BCUT2D eigenvalue weighted by Crippen LogP contribution is -2.24. The zero-order valence-electron chi connectivity index (χ0n) is 8.99. The zero-order valence-corrected chi connectivity index (χ0v) is 8.99. The van der Waals surface area contributed by atoms with Crippen molar-refractivity contribution in [3.63, 3.8) is 0 Å². The molecule has 3 heteroatoms. The second kappa shape index (κ2) is 4.94. The Bertz CT molecular complexity index is 256. The molecule has 0 spiro atoms. The third-order valence-electron chi connectivity index (χ3n) is 2.66. The number of carbonyl (C=O) groups is 1. The number of hydrogen-bond donors (Lipinski definition) is 0. The Labute approximate surface area is 85.5 Å². The summed E-state index contributed by atoms with van der Waals surface area (Å²) >= 11 is 0. The summed E-state index contributed by atoms with van der Waals surface area (Å²) in [5, 5.41) is 0. The Balaban J connectivity index is 2.40. The molecule has 0 radical (unpaired) electrons. The van der Waals surface area contributed by atoms with Crippen LogP contribution < -0.4 is 0 Å². The number of rotatable bonds is 3. The third kappa shape index (κ3) is 2.98. The van der Waals surface area contributed by atoms with Gasteiger partial charge in [-0.1, -0.05) is 6.08 Å². The maximum Gasteiger partial charge on any atom is 0.222 e. The lowest BCUT2D eigenvalue weighted by atomic mass is 9.89. The fourth-order valence-corrected chi connectivity index (χ4v) is 1.63. The summed E-state index contributed by atoms with van der Waals surface area (Å²) in [6.07, 6.45) is 5.76. The summed E-state index contributed by atoms with van der Waals surface area (Å²) in [6, 6.07) is 0. The van der Waals surface area contributed by atoms with E-state index in [1.54, 1.807) is 19.0 Å². The Morgan fingerprint density at radius 1 is 1.71 bits per heavy atom. The van der Waals surface area contributed by atoms with Crippen LogP contribution in [0.2, 0.25) is 0 Å². The van der Waals surface area contributed by atoms with Gasteiger partial charge in [0, 0.05) is 26.2 Å². The molecule has 0 aromatic rings. The van der Waals surface area contributed by atoms with Gasteiger partial charge in [0.15, 0.2) is 0 Å². The number of allylic oxidation sites excluding steroid dienone is 2. The van der Waals surface area contributed by atoms with Crippen LogP contribution in [0.4, 0.5) is 0 Å². The predicted molar refractivity (Wildman–Crippen MR) is 58.3 cm³/mol. The van der Waals surface area contributed by atoms with Crippen molar-refractivity contribution in [3.8, 4) is 0 Å². The van der Waals surface area contributed by atoms with Crippen molar-refractivity contribution in [1.82, 2.24) is 4.90 Å². The van der Waals surface area contributed by atoms with Gasteiger partial charge in [-0.25, -0.2) is 0 Å². The smallest absolute Gasteiger partial charge is 0.222 e. The van der Waals surface area contributed by atoms with Gasteiger partial charge in [0.1, 0.15) is 0 Å². The minimum absolute atomic E-state index is 0.221. The van der Waals surface area contributed by atoms with E-state index < -0.39 is 0 Å². The molecule has 1 aliphatic rings. The highest BCUT2D eigenvalue weighted by atomic mass is 16.2. The summed E-state index contributed by atoms with van der Waals surface area (Å²) in [7, 11) is 3.61. The Hall–Kier alpha value is -1.12. The van der Waals surface area contributed by atoms with Crippen LogP contribution in [0.5, 0.6) is 0 Å². The van der Waals surface area contributed by atoms with Crippen LogP contribution in [-0.2, 0) is 4.79 Å². The Kier molecular flexibility index (Phi) is 3.86. The molecule has 0 heterocycles. The molecule has 0 aromatic carbocycles. The molecule has 0 saturated carbocycles. The first-order valence-corrected chi connectivity index (χ1v) is 4.99. The lowest BCUT2D eigenvalue weighted by molar-refractivity contribution is -0.129. The van der Waals surface area contributed by atoms with E-state index in [9.17, 15) is 4.79 Å². The molecule has 0 aliphatic heterocycles. The van der Waals surface area contributed by atoms with E-state index in [1.165, 1.54) is 0 Å². The normalized spacial score (nSPS) is 21.3. The predicted octanol–water partition coefficient (Wildman–Crippen LogP) is 1.85. The largest absolute Gasteiger partial charge is 0.349 e. The molecule has 14 heavy (non-hydrogen) atoms. The van der Waals surface area contributed by atoms with Crippen molar-refractivity contribution in [1.29, 1.82) is 0 Å². The van der Waals surface area contributed by atoms with Crippen LogP contribution in [0.3, 0.4) is 0 Å². The molecule has 1 aliphatic carbocycles. The van der Waals surface area contributed by atoms with Crippen LogP contribution in [0, 0.1) is 5.92 Å².